The van der Waals surface area contributed by atoms with E-state index in [2.05, 4.69) is 33.9 Å². The number of carboxylic acids is 1. The molecule has 0 radical (unpaired) electrons. The molecule has 0 spiro atoms. The molecule has 4 atom stereocenters. The first-order valence-electron chi connectivity index (χ1n) is 12.9. The summed E-state index contributed by atoms with van der Waals surface area (Å²) in [6, 6.07) is 3.75. The smallest absolute Gasteiger partial charge is 0.305 e. The van der Waals surface area contributed by atoms with Gasteiger partial charge in [-0.15, -0.1) is 0 Å². The van der Waals surface area contributed by atoms with Gasteiger partial charge in [0.2, 0.25) is 29.5 Å². The Labute approximate surface area is 236 Å². The Kier molecular flexibility index (Phi) is 13.1. The summed E-state index contributed by atoms with van der Waals surface area (Å²) in [6.07, 6.45) is -0.400. The Bertz CT molecular complexity index is 1100. The second-order valence-corrected chi connectivity index (χ2v) is 9.82. The first-order chi connectivity index (χ1) is 19.0. The highest BCUT2D eigenvalue weighted by atomic mass is 32.1. The topological polar surface area (TPSA) is 214 Å². The molecule has 40 heavy (non-hydrogen) atoms. The third-order valence-electron chi connectivity index (χ3n) is 6.23. The number of carbonyl (C=O) groups excluding carboxylic acids is 6. The zero-order valence-electron chi connectivity index (χ0n) is 21.9. The number of amides is 5. The first-order valence-corrected chi connectivity index (χ1v) is 13.5. The van der Waals surface area contributed by atoms with E-state index in [1.165, 1.54) is 0 Å². The van der Waals surface area contributed by atoms with E-state index in [1.54, 1.807) is 30.3 Å². The summed E-state index contributed by atoms with van der Waals surface area (Å²) in [6.45, 7) is 0. The second kappa shape index (κ2) is 16.2. The summed E-state index contributed by atoms with van der Waals surface area (Å²) in [5.41, 5.74) is 5.83. The Morgan fingerprint density at radius 1 is 0.825 bits per heavy atom. The number of unbranched alkanes of at least 4 members (excludes halogenated alkanes) is 1. The maximum absolute atomic E-state index is 13.3. The number of rotatable bonds is 10. The average molecular weight is 578 g/mol. The number of nitrogens with one attached hydrogen (secondary N) is 4. The number of nitrogens with two attached hydrogens (primary N) is 1. The van der Waals surface area contributed by atoms with Gasteiger partial charge in [0.05, 0.1) is 12.5 Å². The molecule has 0 saturated carbocycles. The number of ketones is 1. The van der Waals surface area contributed by atoms with Crippen LogP contribution in [0.3, 0.4) is 0 Å². The largest absolute Gasteiger partial charge is 0.481 e. The monoisotopic (exact) mass is 577 g/mol. The van der Waals surface area contributed by atoms with E-state index in [9.17, 15) is 38.7 Å². The molecule has 2 rings (SSSR count). The Morgan fingerprint density at radius 2 is 1.43 bits per heavy atom. The maximum Gasteiger partial charge on any atom is 0.305 e. The third kappa shape index (κ3) is 11.0. The fourth-order valence-electron chi connectivity index (χ4n) is 4.09. The Balaban J connectivity index is 2.36. The number of Topliss-reactive ketones (excluding diaryl/α,β-unsaturated/α-hetero) is 1. The van der Waals surface area contributed by atoms with Crippen LogP contribution in [0.15, 0.2) is 30.3 Å². The van der Waals surface area contributed by atoms with Gasteiger partial charge in [-0.25, -0.2) is 0 Å². The number of aliphatic carboxylic acids is 1. The molecule has 14 heteroatoms. The molecule has 4 unspecified atom stereocenters. The van der Waals surface area contributed by atoms with E-state index in [4.69, 9.17) is 5.73 Å². The fraction of sp³-hybridized carbons (Fsp3) is 0.500. The van der Waals surface area contributed by atoms with Crippen molar-refractivity contribution >= 4 is 53.9 Å². The molecule has 218 valence electrons. The van der Waals surface area contributed by atoms with Crippen molar-refractivity contribution in [2.45, 2.75) is 75.5 Å². The van der Waals surface area contributed by atoms with Gasteiger partial charge in [0.15, 0.2) is 5.78 Å². The SMILES string of the molecule is NC(=O)CCCCC1NC(=O)C(CS)NC(=O)C(Cc2ccccc2)NC(=O)C(CC(=O)O)NC(=O)CCC1=O. The lowest BCUT2D eigenvalue weighted by Gasteiger charge is -2.25. The number of carboxylic acid groups (broad SMARTS) is 1. The van der Waals surface area contributed by atoms with Crippen LogP contribution in [0.1, 0.15) is 50.5 Å². The lowest BCUT2D eigenvalue weighted by Crippen LogP contribution is -2.58. The lowest BCUT2D eigenvalue weighted by atomic mass is 10.00. The standard InChI is InChI=1S/C26H35N5O8S/c27-21(33)9-5-4-8-16-20(32)10-11-22(34)28-18(13-23(35)36)25(38)30-17(12-15-6-2-1-3-7-15)24(37)31-19(14-40)26(39)29-16/h1-3,6-7,16-19,40H,4-5,8-14H2,(H2,27,33)(H,28,34)(H,29,39)(H,30,38)(H,31,37)(H,35,36). The van der Waals surface area contributed by atoms with Gasteiger partial charge in [-0.05, 0) is 18.4 Å². The minimum Gasteiger partial charge on any atom is -0.481 e. The number of benzene rings is 1. The number of primary amides is 1. The maximum atomic E-state index is 13.3. The van der Waals surface area contributed by atoms with E-state index in [0.29, 0.717) is 18.4 Å². The summed E-state index contributed by atoms with van der Waals surface area (Å²) >= 11 is 4.16. The molecule has 5 amide bonds. The van der Waals surface area contributed by atoms with Crippen LogP contribution in [-0.4, -0.2) is 76.3 Å². The van der Waals surface area contributed by atoms with Crippen molar-refractivity contribution < 1.29 is 38.7 Å². The third-order valence-corrected chi connectivity index (χ3v) is 6.60. The highest BCUT2D eigenvalue weighted by Crippen LogP contribution is 2.10. The van der Waals surface area contributed by atoms with E-state index >= 15 is 0 Å². The zero-order chi connectivity index (χ0) is 29.7. The number of thiol groups is 1. The van der Waals surface area contributed by atoms with Crippen LogP contribution in [0, 0.1) is 0 Å². The predicted molar refractivity (Wildman–Crippen MR) is 146 cm³/mol. The Hall–Kier alpha value is -3.94. The van der Waals surface area contributed by atoms with E-state index < -0.39 is 71.9 Å². The second-order valence-electron chi connectivity index (χ2n) is 9.45. The average Bonchev–Trinajstić information content (AvgIpc) is 2.90. The number of hydrogen-bond acceptors (Lipinski definition) is 8. The van der Waals surface area contributed by atoms with Crippen LogP contribution in [0.2, 0.25) is 0 Å². The first kappa shape index (κ1) is 32.3. The predicted octanol–water partition coefficient (Wildman–Crippen LogP) is -1.02. The quantitative estimate of drug-likeness (QED) is 0.135. The van der Waals surface area contributed by atoms with Gasteiger partial charge in [-0.2, -0.15) is 12.6 Å². The van der Waals surface area contributed by atoms with E-state index in [1.807, 2.05) is 0 Å². The molecule has 1 heterocycles. The molecule has 1 fully saturated rings. The van der Waals surface area contributed by atoms with Crippen LogP contribution in [0.25, 0.3) is 0 Å². The van der Waals surface area contributed by atoms with E-state index in [-0.39, 0.29) is 37.9 Å². The van der Waals surface area contributed by atoms with Gasteiger partial charge in [-0.3, -0.25) is 33.6 Å². The van der Waals surface area contributed by atoms with Gasteiger partial charge < -0.3 is 32.1 Å². The molecule has 1 aromatic carbocycles. The van der Waals surface area contributed by atoms with Crippen molar-refractivity contribution in [2.75, 3.05) is 5.75 Å². The van der Waals surface area contributed by atoms with Gasteiger partial charge >= 0.3 is 5.97 Å². The van der Waals surface area contributed by atoms with E-state index in [0.717, 1.165) is 0 Å². The summed E-state index contributed by atoms with van der Waals surface area (Å²) in [4.78, 5) is 87.4. The summed E-state index contributed by atoms with van der Waals surface area (Å²) in [7, 11) is 0. The van der Waals surface area contributed by atoms with Crippen LogP contribution < -0.4 is 27.0 Å². The molecule has 0 bridgehead atoms. The molecule has 1 aliphatic heterocycles. The molecular formula is C26H35N5O8S. The van der Waals surface area contributed by atoms with Gasteiger partial charge in [0, 0.05) is 31.4 Å². The molecule has 0 aromatic heterocycles. The molecule has 13 nitrogen and oxygen atoms in total. The molecule has 1 aromatic rings. The van der Waals surface area contributed by atoms with Crippen molar-refractivity contribution in [3.63, 3.8) is 0 Å². The van der Waals surface area contributed by atoms with Crippen molar-refractivity contribution in [1.82, 2.24) is 21.3 Å². The molecule has 1 saturated heterocycles. The summed E-state index contributed by atoms with van der Waals surface area (Å²) in [5.74, 6) is -5.57. The lowest BCUT2D eigenvalue weighted by molar-refractivity contribution is -0.141. The highest BCUT2D eigenvalue weighted by Gasteiger charge is 2.32. The van der Waals surface area contributed by atoms with Crippen LogP contribution in [0.5, 0.6) is 0 Å². The fourth-order valence-corrected chi connectivity index (χ4v) is 4.35. The van der Waals surface area contributed by atoms with Gasteiger partial charge in [-0.1, -0.05) is 36.8 Å². The van der Waals surface area contributed by atoms with Crippen LogP contribution in [0.4, 0.5) is 0 Å². The van der Waals surface area contributed by atoms with Crippen molar-refractivity contribution in [2.24, 2.45) is 5.73 Å². The molecule has 1 aliphatic rings. The molecule has 0 aliphatic carbocycles. The van der Waals surface area contributed by atoms with Crippen molar-refractivity contribution in [1.29, 1.82) is 0 Å². The normalized spacial score (nSPS) is 23.1. The van der Waals surface area contributed by atoms with Crippen LogP contribution in [-0.2, 0) is 40.0 Å². The number of hydrogen-bond donors (Lipinski definition) is 7. The highest BCUT2D eigenvalue weighted by molar-refractivity contribution is 7.80. The minimum atomic E-state index is -1.51. The summed E-state index contributed by atoms with van der Waals surface area (Å²) < 4.78 is 0. The Morgan fingerprint density at radius 3 is 2.05 bits per heavy atom. The zero-order valence-corrected chi connectivity index (χ0v) is 22.8. The number of carbonyl (C=O) groups is 7. The van der Waals surface area contributed by atoms with Crippen LogP contribution >= 0.6 is 12.6 Å². The molecule has 7 N–H and O–H groups in total. The van der Waals surface area contributed by atoms with Crippen molar-refractivity contribution in [3.05, 3.63) is 35.9 Å². The van der Waals surface area contributed by atoms with Gasteiger partial charge in [0.1, 0.15) is 18.1 Å². The minimum absolute atomic E-state index is 0.00797. The summed E-state index contributed by atoms with van der Waals surface area (Å²) in [5, 5.41) is 19.3. The van der Waals surface area contributed by atoms with Gasteiger partial charge in [0.25, 0.3) is 0 Å². The van der Waals surface area contributed by atoms with Crippen molar-refractivity contribution in [3.8, 4) is 0 Å². The molecular weight excluding hydrogens is 542 g/mol.